The minimum absolute atomic E-state index is 0.0160. The summed E-state index contributed by atoms with van der Waals surface area (Å²) in [6, 6.07) is 2.82. The van der Waals surface area contributed by atoms with Crippen molar-refractivity contribution in [1.29, 1.82) is 0 Å². The van der Waals surface area contributed by atoms with Gasteiger partial charge in [-0.05, 0) is 24.1 Å². The summed E-state index contributed by atoms with van der Waals surface area (Å²) in [5.74, 6) is -0.168. The largest absolute Gasteiger partial charge is 0.467 e. The molecule has 2 heterocycles. The van der Waals surface area contributed by atoms with Gasteiger partial charge in [0, 0.05) is 32.1 Å². The van der Waals surface area contributed by atoms with Crippen molar-refractivity contribution >= 4 is 11.8 Å². The molecule has 23 heavy (non-hydrogen) atoms. The molecule has 0 radical (unpaired) electrons. The number of rotatable bonds is 4. The van der Waals surface area contributed by atoms with E-state index < -0.39 is 0 Å². The van der Waals surface area contributed by atoms with Crippen molar-refractivity contribution in [2.45, 2.75) is 19.4 Å². The van der Waals surface area contributed by atoms with Crippen LogP contribution < -0.4 is 10.1 Å². The van der Waals surface area contributed by atoms with Crippen LogP contribution in [-0.2, 0) is 27.4 Å². The summed E-state index contributed by atoms with van der Waals surface area (Å²) in [6.07, 6.45) is 0.709. The Kier molecular flexibility index (Phi) is 4.47. The molecule has 6 nitrogen and oxygen atoms in total. The van der Waals surface area contributed by atoms with E-state index in [4.69, 9.17) is 9.47 Å². The van der Waals surface area contributed by atoms with E-state index in [2.05, 4.69) is 5.32 Å². The molecule has 7 heteroatoms. The van der Waals surface area contributed by atoms with Gasteiger partial charge >= 0.3 is 0 Å². The lowest BCUT2D eigenvalue weighted by molar-refractivity contribution is -0.128. The maximum Gasteiger partial charge on any atom is 0.225 e. The zero-order valence-corrected chi connectivity index (χ0v) is 12.9. The Morgan fingerprint density at radius 3 is 3.04 bits per heavy atom. The van der Waals surface area contributed by atoms with Crippen molar-refractivity contribution in [2.75, 3.05) is 26.9 Å². The second-order valence-electron chi connectivity index (χ2n) is 5.88. The number of nitrogens with zero attached hydrogens (tertiary/aromatic N) is 1. The summed E-state index contributed by atoms with van der Waals surface area (Å²) < 4.78 is 24.2. The number of amides is 2. The number of carbonyl (C=O) groups is 2. The molecular weight excluding hydrogens is 303 g/mol. The molecule has 3 rings (SSSR count). The molecule has 2 aliphatic heterocycles. The van der Waals surface area contributed by atoms with Gasteiger partial charge in [0.05, 0.1) is 12.5 Å². The van der Waals surface area contributed by atoms with E-state index in [-0.39, 0.29) is 36.8 Å². The van der Waals surface area contributed by atoms with Gasteiger partial charge in [0.1, 0.15) is 11.6 Å². The summed E-state index contributed by atoms with van der Waals surface area (Å²) >= 11 is 0. The highest BCUT2D eigenvalue weighted by atomic mass is 19.1. The first-order chi connectivity index (χ1) is 11.0. The monoisotopic (exact) mass is 322 g/mol. The second kappa shape index (κ2) is 6.54. The predicted molar refractivity (Wildman–Crippen MR) is 79.1 cm³/mol. The van der Waals surface area contributed by atoms with Gasteiger partial charge < -0.3 is 19.7 Å². The van der Waals surface area contributed by atoms with Gasteiger partial charge in [-0.1, -0.05) is 0 Å². The number of benzene rings is 1. The quantitative estimate of drug-likeness (QED) is 0.891. The zero-order chi connectivity index (χ0) is 16.4. The maximum atomic E-state index is 13.6. The third-order valence-corrected chi connectivity index (χ3v) is 4.16. The molecule has 1 aromatic rings. The van der Waals surface area contributed by atoms with Gasteiger partial charge in [-0.25, -0.2) is 4.39 Å². The minimum atomic E-state index is -0.345. The summed E-state index contributed by atoms with van der Waals surface area (Å²) in [5.41, 5.74) is 1.39. The standard InChI is InChI=1S/C16H19FN2O4/c1-19-7-11(6-14(19)20)16(21)18-3-2-10-4-13(17)5-12-8-22-9-23-15(10)12/h4-5,11H,2-3,6-9H2,1H3,(H,18,21)/t11-/m0/s1. The van der Waals surface area contributed by atoms with Crippen molar-refractivity contribution in [3.8, 4) is 5.75 Å². The van der Waals surface area contributed by atoms with E-state index in [9.17, 15) is 14.0 Å². The first kappa shape index (κ1) is 15.7. The van der Waals surface area contributed by atoms with Crippen molar-refractivity contribution < 1.29 is 23.5 Å². The summed E-state index contributed by atoms with van der Waals surface area (Å²) in [4.78, 5) is 25.1. The van der Waals surface area contributed by atoms with Gasteiger partial charge in [-0.3, -0.25) is 9.59 Å². The normalized spacial score (nSPS) is 20.2. The molecule has 2 amide bonds. The Morgan fingerprint density at radius 1 is 1.48 bits per heavy atom. The van der Waals surface area contributed by atoms with E-state index in [0.717, 1.165) is 0 Å². The molecule has 124 valence electrons. The van der Waals surface area contributed by atoms with Crippen LogP contribution in [0.2, 0.25) is 0 Å². The van der Waals surface area contributed by atoms with Gasteiger partial charge in [0.25, 0.3) is 0 Å². The van der Waals surface area contributed by atoms with Crippen molar-refractivity contribution in [3.63, 3.8) is 0 Å². The fourth-order valence-electron chi connectivity index (χ4n) is 2.95. The number of likely N-dealkylation sites (tertiary alicyclic amines) is 1. The van der Waals surface area contributed by atoms with Crippen LogP contribution in [0.25, 0.3) is 0 Å². The molecule has 0 bridgehead atoms. The Morgan fingerprint density at radius 2 is 2.30 bits per heavy atom. The number of hydrogen-bond donors (Lipinski definition) is 1. The molecule has 0 saturated carbocycles. The third kappa shape index (κ3) is 3.44. The fourth-order valence-corrected chi connectivity index (χ4v) is 2.95. The van der Waals surface area contributed by atoms with Crippen molar-refractivity contribution in [1.82, 2.24) is 10.2 Å². The summed E-state index contributed by atoms with van der Waals surface area (Å²) in [6.45, 7) is 1.28. The number of halogens is 1. The Hall–Kier alpha value is -2.15. The van der Waals surface area contributed by atoms with Gasteiger partial charge in [-0.15, -0.1) is 0 Å². The van der Waals surface area contributed by atoms with Crippen LogP contribution in [0.15, 0.2) is 12.1 Å². The Balaban J connectivity index is 1.58. The molecule has 1 aromatic carbocycles. The van der Waals surface area contributed by atoms with Gasteiger partial charge in [0.15, 0.2) is 6.79 Å². The highest BCUT2D eigenvalue weighted by molar-refractivity contribution is 5.89. The number of carbonyl (C=O) groups excluding carboxylic acids is 2. The molecule has 0 spiro atoms. The molecule has 1 saturated heterocycles. The Bertz CT molecular complexity index is 635. The predicted octanol–water partition coefficient (Wildman–Crippen LogP) is 0.829. The third-order valence-electron chi connectivity index (χ3n) is 4.16. The van der Waals surface area contributed by atoms with Crippen LogP contribution in [0.5, 0.6) is 5.75 Å². The Labute approximate surface area is 133 Å². The lowest BCUT2D eigenvalue weighted by Gasteiger charge is -2.21. The minimum Gasteiger partial charge on any atom is -0.467 e. The molecule has 0 unspecified atom stereocenters. The van der Waals surface area contributed by atoms with Crippen molar-refractivity contribution in [3.05, 3.63) is 29.1 Å². The van der Waals surface area contributed by atoms with Crippen LogP contribution in [0.4, 0.5) is 4.39 Å². The van der Waals surface area contributed by atoms with Crippen LogP contribution in [0, 0.1) is 11.7 Å². The van der Waals surface area contributed by atoms with Crippen LogP contribution in [0.1, 0.15) is 17.5 Å². The number of nitrogens with one attached hydrogen (secondary N) is 1. The number of hydrogen-bond acceptors (Lipinski definition) is 4. The van der Waals surface area contributed by atoms with E-state index in [0.29, 0.717) is 43.0 Å². The van der Waals surface area contributed by atoms with Gasteiger partial charge in [-0.2, -0.15) is 0 Å². The molecule has 1 atom stereocenters. The van der Waals surface area contributed by atoms with E-state index in [1.54, 1.807) is 11.9 Å². The van der Waals surface area contributed by atoms with E-state index in [1.165, 1.54) is 12.1 Å². The molecular formula is C16H19FN2O4. The highest BCUT2D eigenvalue weighted by Crippen LogP contribution is 2.29. The maximum absolute atomic E-state index is 13.6. The lowest BCUT2D eigenvalue weighted by atomic mass is 10.0. The van der Waals surface area contributed by atoms with Crippen molar-refractivity contribution in [2.24, 2.45) is 5.92 Å². The summed E-state index contributed by atoms with van der Waals surface area (Å²) in [5, 5.41) is 2.81. The second-order valence-corrected chi connectivity index (χ2v) is 5.88. The average Bonchev–Trinajstić information content (AvgIpc) is 2.86. The topological polar surface area (TPSA) is 67.9 Å². The SMILES string of the molecule is CN1C[C@@H](C(=O)NCCc2cc(F)cc3c2OCOC3)CC1=O. The highest BCUT2D eigenvalue weighted by Gasteiger charge is 2.31. The smallest absolute Gasteiger partial charge is 0.225 e. The molecule has 1 N–H and O–H groups in total. The molecule has 0 aromatic heterocycles. The van der Waals surface area contributed by atoms with Crippen LogP contribution in [-0.4, -0.2) is 43.6 Å². The van der Waals surface area contributed by atoms with E-state index in [1.807, 2.05) is 0 Å². The average molecular weight is 322 g/mol. The fraction of sp³-hybridized carbons (Fsp3) is 0.500. The van der Waals surface area contributed by atoms with Gasteiger partial charge in [0.2, 0.25) is 11.8 Å². The molecule has 1 fully saturated rings. The first-order valence-corrected chi connectivity index (χ1v) is 7.58. The van der Waals surface area contributed by atoms with Crippen LogP contribution >= 0.6 is 0 Å². The van der Waals surface area contributed by atoms with E-state index >= 15 is 0 Å². The number of ether oxygens (including phenoxy) is 2. The molecule has 0 aliphatic carbocycles. The lowest BCUT2D eigenvalue weighted by Crippen LogP contribution is -2.33. The summed E-state index contributed by atoms with van der Waals surface area (Å²) in [7, 11) is 1.69. The van der Waals surface area contributed by atoms with Crippen LogP contribution in [0.3, 0.4) is 0 Å². The number of fused-ring (bicyclic) bond motifs is 1. The zero-order valence-electron chi connectivity index (χ0n) is 12.9. The molecule has 2 aliphatic rings. The first-order valence-electron chi connectivity index (χ1n) is 7.58.